The normalized spacial score (nSPS) is 12.7. The lowest BCUT2D eigenvalue weighted by atomic mass is 10.3. The molecule has 3 aromatic heterocycles. The van der Waals surface area contributed by atoms with Crippen molar-refractivity contribution < 1.29 is 4.74 Å². The summed E-state index contributed by atoms with van der Waals surface area (Å²) in [4.78, 5) is 13.2. The zero-order valence-corrected chi connectivity index (χ0v) is 14.2. The lowest BCUT2D eigenvalue weighted by molar-refractivity contribution is 0.190. The van der Waals surface area contributed by atoms with E-state index in [2.05, 4.69) is 30.2 Å². The average molecular weight is 332 g/mol. The zero-order chi connectivity index (χ0) is 16.4. The Bertz CT molecular complexity index is 812. The summed E-state index contributed by atoms with van der Waals surface area (Å²) >= 11 is 1.65. The number of nitrogens with two attached hydrogens (primary N) is 1. The molecule has 1 atom stereocenters. The minimum atomic E-state index is 0.113. The third kappa shape index (κ3) is 3.43. The SMILES string of the molecule is COC[C@H](C)Nc1nc(N)nc2ccn(Cc3csc(C)n3)c12. The maximum absolute atomic E-state index is 5.83. The molecule has 3 rings (SSSR count). The quantitative estimate of drug-likeness (QED) is 0.719. The predicted octanol–water partition coefficient (Wildman–Crippen LogP) is 2.27. The fraction of sp³-hybridized carbons (Fsp3) is 0.400. The van der Waals surface area contributed by atoms with Crippen molar-refractivity contribution in [1.29, 1.82) is 0 Å². The Morgan fingerprint density at radius 1 is 1.39 bits per heavy atom. The number of hydrogen-bond donors (Lipinski definition) is 2. The Morgan fingerprint density at radius 2 is 2.22 bits per heavy atom. The number of methoxy groups -OCH3 is 1. The van der Waals surface area contributed by atoms with Crippen molar-refractivity contribution in [2.45, 2.75) is 26.4 Å². The molecule has 0 fully saturated rings. The van der Waals surface area contributed by atoms with Crippen molar-refractivity contribution in [3.05, 3.63) is 28.3 Å². The van der Waals surface area contributed by atoms with Crippen LogP contribution in [0.2, 0.25) is 0 Å². The second kappa shape index (κ2) is 6.51. The van der Waals surface area contributed by atoms with Gasteiger partial charge in [-0.1, -0.05) is 0 Å². The zero-order valence-electron chi connectivity index (χ0n) is 13.4. The van der Waals surface area contributed by atoms with Crippen molar-refractivity contribution in [3.63, 3.8) is 0 Å². The third-order valence-corrected chi connectivity index (χ3v) is 4.25. The van der Waals surface area contributed by atoms with Crippen LogP contribution in [0.25, 0.3) is 11.0 Å². The molecule has 3 N–H and O–H groups in total. The second-order valence-corrected chi connectivity index (χ2v) is 6.53. The van der Waals surface area contributed by atoms with Gasteiger partial charge in [-0.15, -0.1) is 11.3 Å². The highest BCUT2D eigenvalue weighted by atomic mass is 32.1. The minimum Gasteiger partial charge on any atom is -0.383 e. The smallest absolute Gasteiger partial charge is 0.222 e. The molecule has 0 radical (unpaired) electrons. The van der Waals surface area contributed by atoms with Gasteiger partial charge in [0, 0.05) is 24.7 Å². The number of nitrogen functional groups attached to an aromatic ring is 1. The molecule has 0 aliphatic rings. The van der Waals surface area contributed by atoms with Crippen LogP contribution in [-0.4, -0.2) is 39.3 Å². The van der Waals surface area contributed by atoms with Crippen LogP contribution in [0.15, 0.2) is 17.6 Å². The van der Waals surface area contributed by atoms with Gasteiger partial charge in [0.25, 0.3) is 0 Å². The van der Waals surface area contributed by atoms with E-state index >= 15 is 0 Å². The van der Waals surface area contributed by atoms with E-state index in [1.54, 1.807) is 18.4 Å². The van der Waals surface area contributed by atoms with E-state index in [4.69, 9.17) is 10.5 Å². The number of rotatable bonds is 6. The van der Waals surface area contributed by atoms with Gasteiger partial charge in [-0.05, 0) is 19.9 Å². The van der Waals surface area contributed by atoms with Crippen molar-refractivity contribution in [2.75, 3.05) is 24.8 Å². The number of aromatic nitrogens is 4. The highest BCUT2D eigenvalue weighted by Crippen LogP contribution is 2.24. The van der Waals surface area contributed by atoms with E-state index in [0.717, 1.165) is 21.7 Å². The van der Waals surface area contributed by atoms with Crippen LogP contribution in [0, 0.1) is 6.92 Å². The van der Waals surface area contributed by atoms with Gasteiger partial charge in [0.05, 0.1) is 29.4 Å². The van der Waals surface area contributed by atoms with Gasteiger partial charge >= 0.3 is 0 Å². The maximum atomic E-state index is 5.83. The summed E-state index contributed by atoms with van der Waals surface area (Å²) in [6.07, 6.45) is 1.99. The van der Waals surface area contributed by atoms with Crippen LogP contribution >= 0.6 is 11.3 Å². The van der Waals surface area contributed by atoms with Gasteiger partial charge in [0.1, 0.15) is 5.52 Å². The molecule has 7 nitrogen and oxygen atoms in total. The van der Waals surface area contributed by atoms with Crippen molar-refractivity contribution in [2.24, 2.45) is 0 Å². The van der Waals surface area contributed by atoms with Gasteiger partial charge in [0.2, 0.25) is 5.95 Å². The van der Waals surface area contributed by atoms with E-state index in [9.17, 15) is 0 Å². The van der Waals surface area contributed by atoms with Crippen LogP contribution in [-0.2, 0) is 11.3 Å². The third-order valence-electron chi connectivity index (χ3n) is 3.43. The number of anilines is 2. The van der Waals surface area contributed by atoms with E-state index in [1.165, 1.54) is 0 Å². The van der Waals surface area contributed by atoms with Gasteiger partial charge in [-0.2, -0.15) is 4.98 Å². The largest absolute Gasteiger partial charge is 0.383 e. The molecule has 23 heavy (non-hydrogen) atoms. The van der Waals surface area contributed by atoms with E-state index in [1.807, 2.05) is 26.1 Å². The summed E-state index contributed by atoms with van der Waals surface area (Å²) in [7, 11) is 1.68. The number of hydrogen-bond acceptors (Lipinski definition) is 7. The monoisotopic (exact) mass is 332 g/mol. The molecule has 0 unspecified atom stereocenters. The van der Waals surface area contributed by atoms with Crippen molar-refractivity contribution in [1.82, 2.24) is 19.5 Å². The Morgan fingerprint density at radius 3 is 2.91 bits per heavy atom. The first-order valence-electron chi connectivity index (χ1n) is 7.35. The lowest BCUT2D eigenvalue weighted by Crippen LogP contribution is -2.22. The summed E-state index contributed by atoms with van der Waals surface area (Å²) in [5, 5.41) is 6.48. The van der Waals surface area contributed by atoms with Crippen molar-refractivity contribution >= 4 is 34.1 Å². The topological polar surface area (TPSA) is 90.9 Å². The second-order valence-electron chi connectivity index (χ2n) is 5.47. The first-order valence-corrected chi connectivity index (χ1v) is 8.23. The highest BCUT2D eigenvalue weighted by Gasteiger charge is 2.14. The molecule has 3 heterocycles. The van der Waals surface area contributed by atoms with Crippen LogP contribution in [0.5, 0.6) is 0 Å². The maximum Gasteiger partial charge on any atom is 0.222 e. The van der Waals surface area contributed by atoms with Crippen LogP contribution in [0.3, 0.4) is 0 Å². The first kappa shape index (κ1) is 15.7. The van der Waals surface area contributed by atoms with Gasteiger partial charge in [-0.25, -0.2) is 9.97 Å². The molecule has 0 aliphatic carbocycles. The molecular formula is C15H20N6OS. The molecule has 3 aromatic rings. The van der Waals surface area contributed by atoms with Crippen molar-refractivity contribution in [3.8, 4) is 0 Å². The molecule has 122 valence electrons. The Hall–Kier alpha value is -2.19. The molecular weight excluding hydrogens is 312 g/mol. The van der Waals surface area contributed by atoms with Crippen LogP contribution < -0.4 is 11.1 Å². The number of thiazole rings is 1. The molecule has 0 amide bonds. The molecule has 0 bridgehead atoms. The summed E-state index contributed by atoms with van der Waals surface area (Å²) in [6.45, 7) is 5.29. The minimum absolute atomic E-state index is 0.113. The van der Waals surface area contributed by atoms with Gasteiger partial charge in [0.15, 0.2) is 5.82 Å². The predicted molar refractivity (Wildman–Crippen MR) is 92.9 cm³/mol. The molecule has 0 spiro atoms. The van der Waals surface area contributed by atoms with E-state index in [0.29, 0.717) is 19.0 Å². The number of ether oxygens (including phenoxy) is 1. The summed E-state index contributed by atoms with van der Waals surface area (Å²) < 4.78 is 7.26. The number of nitrogens with zero attached hydrogens (tertiary/aromatic N) is 4. The Kier molecular flexibility index (Phi) is 4.44. The van der Waals surface area contributed by atoms with Crippen LogP contribution in [0.1, 0.15) is 17.6 Å². The fourth-order valence-electron chi connectivity index (χ4n) is 2.54. The van der Waals surface area contributed by atoms with E-state index in [-0.39, 0.29) is 12.0 Å². The lowest BCUT2D eigenvalue weighted by Gasteiger charge is -2.15. The number of fused-ring (bicyclic) bond motifs is 1. The summed E-state index contributed by atoms with van der Waals surface area (Å²) in [5.41, 5.74) is 8.59. The van der Waals surface area contributed by atoms with Gasteiger partial charge < -0.3 is 20.4 Å². The first-order chi connectivity index (χ1) is 11.1. The Labute approximate surface area is 138 Å². The molecule has 0 saturated carbocycles. The summed E-state index contributed by atoms with van der Waals surface area (Å²) in [5.74, 6) is 0.973. The molecule has 0 aromatic carbocycles. The fourth-order valence-corrected chi connectivity index (χ4v) is 3.14. The van der Waals surface area contributed by atoms with E-state index < -0.39 is 0 Å². The molecule has 0 aliphatic heterocycles. The molecule has 8 heteroatoms. The highest BCUT2D eigenvalue weighted by molar-refractivity contribution is 7.09. The standard InChI is InChI=1S/C15H20N6OS/c1-9(7-22-3)17-14-13-12(19-15(16)20-14)4-5-21(13)6-11-8-23-10(2)18-11/h4-5,8-9H,6-7H2,1-3H3,(H3,16,17,19,20)/t9-/m0/s1. The van der Waals surface area contributed by atoms with Crippen LogP contribution in [0.4, 0.5) is 11.8 Å². The van der Waals surface area contributed by atoms with Gasteiger partial charge in [-0.3, -0.25) is 0 Å². The number of nitrogens with one attached hydrogen (secondary N) is 1. The number of aryl methyl sites for hydroxylation is 1. The average Bonchev–Trinajstić information content (AvgIpc) is 3.06. The molecule has 0 saturated heterocycles. The summed E-state index contributed by atoms with van der Waals surface area (Å²) in [6, 6.07) is 2.06. The Balaban J connectivity index is 1.98.